The lowest BCUT2D eigenvalue weighted by Gasteiger charge is -2.07. The standard InChI is InChI=1S/C9H7Cl2N3/c10-6-1-2-7(11)8-5(6)3-4-13-9(8)14-12/h1-4H,12H2,(H,13,14). The zero-order chi connectivity index (χ0) is 10.1. The summed E-state index contributed by atoms with van der Waals surface area (Å²) in [7, 11) is 0. The van der Waals surface area contributed by atoms with E-state index in [2.05, 4.69) is 10.4 Å². The van der Waals surface area contributed by atoms with Crippen LogP contribution in [0.1, 0.15) is 0 Å². The summed E-state index contributed by atoms with van der Waals surface area (Å²) in [6, 6.07) is 5.26. The maximum absolute atomic E-state index is 6.02. The van der Waals surface area contributed by atoms with Crippen molar-refractivity contribution in [1.82, 2.24) is 4.98 Å². The monoisotopic (exact) mass is 227 g/mol. The second-order valence-corrected chi connectivity index (χ2v) is 3.57. The minimum absolute atomic E-state index is 0.523. The molecule has 72 valence electrons. The fourth-order valence-electron chi connectivity index (χ4n) is 1.33. The molecule has 0 atom stereocenters. The molecule has 1 heterocycles. The minimum Gasteiger partial charge on any atom is -0.308 e. The summed E-state index contributed by atoms with van der Waals surface area (Å²) >= 11 is 12.0. The van der Waals surface area contributed by atoms with Gasteiger partial charge in [-0.1, -0.05) is 23.2 Å². The van der Waals surface area contributed by atoms with Gasteiger partial charge in [0.15, 0.2) is 0 Å². The highest BCUT2D eigenvalue weighted by molar-refractivity contribution is 6.41. The third-order valence-electron chi connectivity index (χ3n) is 1.96. The molecule has 0 fully saturated rings. The van der Waals surface area contributed by atoms with Crippen LogP contribution in [0.5, 0.6) is 0 Å². The molecular formula is C9H7Cl2N3. The molecule has 0 aliphatic rings. The third kappa shape index (κ3) is 1.39. The fraction of sp³-hybridized carbons (Fsp3) is 0. The van der Waals surface area contributed by atoms with Crippen molar-refractivity contribution in [2.24, 2.45) is 5.84 Å². The van der Waals surface area contributed by atoms with Gasteiger partial charge < -0.3 is 5.43 Å². The highest BCUT2D eigenvalue weighted by atomic mass is 35.5. The number of hydrogen-bond donors (Lipinski definition) is 2. The Labute approximate surface area is 90.8 Å². The van der Waals surface area contributed by atoms with Crippen LogP contribution in [0.3, 0.4) is 0 Å². The van der Waals surface area contributed by atoms with Crippen LogP contribution in [0, 0.1) is 0 Å². The molecule has 0 radical (unpaired) electrons. The molecule has 0 amide bonds. The van der Waals surface area contributed by atoms with Crippen LogP contribution >= 0.6 is 23.2 Å². The molecule has 2 rings (SSSR count). The van der Waals surface area contributed by atoms with Gasteiger partial charge in [0.05, 0.1) is 5.02 Å². The van der Waals surface area contributed by atoms with E-state index in [1.165, 1.54) is 0 Å². The zero-order valence-electron chi connectivity index (χ0n) is 7.09. The molecule has 3 nitrogen and oxygen atoms in total. The van der Waals surface area contributed by atoms with Gasteiger partial charge >= 0.3 is 0 Å². The van der Waals surface area contributed by atoms with Crippen LogP contribution in [-0.2, 0) is 0 Å². The van der Waals surface area contributed by atoms with Crippen molar-refractivity contribution >= 4 is 39.8 Å². The van der Waals surface area contributed by atoms with Crippen LogP contribution in [0.2, 0.25) is 10.0 Å². The van der Waals surface area contributed by atoms with Gasteiger partial charge in [0.2, 0.25) is 0 Å². The van der Waals surface area contributed by atoms with E-state index in [1.807, 2.05) is 0 Å². The van der Waals surface area contributed by atoms with E-state index in [-0.39, 0.29) is 0 Å². The minimum atomic E-state index is 0.523. The molecule has 0 aliphatic heterocycles. The molecule has 0 unspecified atom stereocenters. The summed E-state index contributed by atoms with van der Waals surface area (Å²) < 4.78 is 0. The van der Waals surface area contributed by atoms with Crippen LogP contribution < -0.4 is 11.3 Å². The number of pyridine rings is 1. The number of rotatable bonds is 1. The van der Waals surface area contributed by atoms with E-state index in [0.717, 1.165) is 10.8 Å². The molecule has 14 heavy (non-hydrogen) atoms. The Balaban J connectivity index is 2.92. The third-order valence-corrected chi connectivity index (χ3v) is 2.60. The van der Waals surface area contributed by atoms with E-state index >= 15 is 0 Å². The average Bonchev–Trinajstić information content (AvgIpc) is 2.23. The number of hydrogen-bond acceptors (Lipinski definition) is 3. The Morgan fingerprint density at radius 2 is 1.86 bits per heavy atom. The molecule has 0 saturated heterocycles. The number of aromatic nitrogens is 1. The second kappa shape index (κ2) is 3.61. The molecular weight excluding hydrogens is 221 g/mol. The summed E-state index contributed by atoms with van der Waals surface area (Å²) in [5.41, 5.74) is 2.48. The van der Waals surface area contributed by atoms with Crippen LogP contribution in [0.15, 0.2) is 24.4 Å². The molecule has 0 spiro atoms. The van der Waals surface area contributed by atoms with Gasteiger partial charge in [0.25, 0.3) is 0 Å². The molecule has 2 aromatic rings. The number of nitrogens with one attached hydrogen (secondary N) is 1. The number of halogens is 2. The van der Waals surface area contributed by atoms with Gasteiger partial charge in [-0.25, -0.2) is 10.8 Å². The van der Waals surface area contributed by atoms with Crippen molar-refractivity contribution < 1.29 is 0 Å². The lowest BCUT2D eigenvalue weighted by atomic mass is 10.1. The van der Waals surface area contributed by atoms with E-state index in [9.17, 15) is 0 Å². The molecule has 3 N–H and O–H groups in total. The number of fused-ring (bicyclic) bond motifs is 1. The predicted molar refractivity (Wildman–Crippen MR) is 59.6 cm³/mol. The van der Waals surface area contributed by atoms with Crippen molar-refractivity contribution in [3.63, 3.8) is 0 Å². The Hall–Kier alpha value is -1.03. The first kappa shape index (κ1) is 9.52. The van der Waals surface area contributed by atoms with E-state index in [0.29, 0.717) is 15.9 Å². The Morgan fingerprint density at radius 3 is 2.57 bits per heavy atom. The molecule has 1 aromatic carbocycles. The average molecular weight is 228 g/mol. The molecule has 5 heteroatoms. The molecule has 0 saturated carbocycles. The number of hydrazine groups is 1. The number of nitrogen functional groups attached to an aromatic ring is 1. The fourth-order valence-corrected chi connectivity index (χ4v) is 1.81. The number of benzene rings is 1. The normalized spacial score (nSPS) is 10.5. The van der Waals surface area contributed by atoms with Gasteiger partial charge in [0.1, 0.15) is 5.82 Å². The largest absolute Gasteiger partial charge is 0.308 e. The van der Waals surface area contributed by atoms with E-state index in [1.54, 1.807) is 24.4 Å². The topological polar surface area (TPSA) is 50.9 Å². The lowest BCUT2D eigenvalue weighted by molar-refractivity contribution is 1.25. The van der Waals surface area contributed by atoms with Gasteiger partial charge in [0, 0.05) is 22.0 Å². The highest BCUT2D eigenvalue weighted by Gasteiger charge is 2.07. The lowest BCUT2D eigenvalue weighted by Crippen LogP contribution is -2.08. The van der Waals surface area contributed by atoms with Gasteiger partial charge in [-0.3, -0.25) is 0 Å². The second-order valence-electron chi connectivity index (χ2n) is 2.76. The highest BCUT2D eigenvalue weighted by Crippen LogP contribution is 2.32. The Kier molecular flexibility index (Phi) is 2.46. The maximum Gasteiger partial charge on any atom is 0.149 e. The van der Waals surface area contributed by atoms with Crippen LogP contribution in [0.25, 0.3) is 10.8 Å². The quantitative estimate of drug-likeness (QED) is 0.582. The number of nitrogens with zero attached hydrogens (tertiary/aromatic N) is 1. The van der Waals surface area contributed by atoms with Crippen LogP contribution in [0.4, 0.5) is 5.82 Å². The molecule has 0 bridgehead atoms. The molecule has 1 aromatic heterocycles. The Bertz CT molecular complexity index is 485. The smallest absolute Gasteiger partial charge is 0.149 e. The predicted octanol–water partition coefficient (Wildman–Crippen LogP) is 2.83. The first-order chi connectivity index (χ1) is 6.74. The first-order valence-corrected chi connectivity index (χ1v) is 4.69. The zero-order valence-corrected chi connectivity index (χ0v) is 8.60. The van der Waals surface area contributed by atoms with E-state index in [4.69, 9.17) is 29.0 Å². The maximum atomic E-state index is 6.02. The summed E-state index contributed by atoms with van der Waals surface area (Å²) in [6.45, 7) is 0. The van der Waals surface area contributed by atoms with Crippen molar-refractivity contribution in [3.8, 4) is 0 Å². The van der Waals surface area contributed by atoms with Gasteiger partial charge in [-0.15, -0.1) is 0 Å². The number of nitrogens with two attached hydrogens (primary N) is 1. The van der Waals surface area contributed by atoms with Gasteiger partial charge in [-0.05, 0) is 18.2 Å². The summed E-state index contributed by atoms with van der Waals surface area (Å²) in [5, 5.41) is 2.78. The summed E-state index contributed by atoms with van der Waals surface area (Å²) in [6.07, 6.45) is 1.62. The summed E-state index contributed by atoms with van der Waals surface area (Å²) in [5.74, 6) is 5.84. The van der Waals surface area contributed by atoms with Crippen LogP contribution in [-0.4, -0.2) is 4.98 Å². The van der Waals surface area contributed by atoms with Crippen molar-refractivity contribution in [2.75, 3.05) is 5.43 Å². The Morgan fingerprint density at radius 1 is 1.14 bits per heavy atom. The molecule has 0 aliphatic carbocycles. The number of anilines is 1. The van der Waals surface area contributed by atoms with Crippen molar-refractivity contribution in [1.29, 1.82) is 0 Å². The van der Waals surface area contributed by atoms with Crippen molar-refractivity contribution in [2.45, 2.75) is 0 Å². The van der Waals surface area contributed by atoms with Gasteiger partial charge in [-0.2, -0.15) is 0 Å². The summed E-state index contributed by atoms with van der Waals surface area (Å²) in [4.78, 5) is 4.05. The van der Waals surface area contributed by atoms with E-state index < -0.39 is 0 Å². The SMILES string of the molecule is NNc1nccc2c(Cl)ccc(Cl)c12. The first-order valence-electron chi connectivity index (χ1n) is 3.93. The van der Waals surface area contributed by atoms with Crippen molar-refractivity contribution in [3.05, 3.63) is 34.4 Å².